The van der Waals surface area contributed by atoms with Gasteiger partial charge in [-0.05, 0) is 45.2 Å². The normalized spacial score (nSPS) is 19.5. The fourth-order valence-corrected chi connectivity index (χ4v) is 3.86. The van der Waals surface area contributed by atoms with Crippen molar-refractivity contribution in [2.24, 2.45) is 0 Å². The number of hydrogen-bond donors (Lipinski definition) is 0. The average Bonchev–Trinajstić information content (AvgIpc) is 3.04. The van der Waals surface area contributed by atoms with Crippen molar-refractivity contribution in [1.29, 1.82) is 0 Å². The number of rotatable bonds is 2. The number of nitrogens with zero attached hydrogens (tertiary/aromatic N) is 4. The van der Waals surface area contributed by atoms with E-state index in [2.05, 4.69) is 23.1 Å². The van der Waals surface area contributed by atoms with E-state index in [1.165, 1.54) is 5.57 Å². The van der Waals surface area contributed by atoms with Gasteiger partial charge in [0.25, 0.3) is 5.91 Å². The highest BCUT2D eigenvalue weighted by Crippen LogP contribution is 2.33. The maximum Gasteiger partial charge on any atom is 0.257 e. The van der Waals surface area contributed by atoms with Crippen molar-refractivity contribution in [2.75, 3.05) is 19.7 Å². The lowest BCUT2D eigenvalue weighted by atomic mass is 9.87. The zero-order chi connectivity index (χ0) is 18.1. The quantitative estimate of drug-likeness (QED) is 0.780. The Labute approximate surface area is 153 Å². The SMILES string of the molecule is CC1=CC2(CCN(C(=O)c3cnn(-c4ccccn4)c3C)CC2)OCC1. The van der Waals surface area contributed by atoms with Crippen molar-refractivity contribution in [2.45, 2.75) is 38.7 Å². The van der Waals surface area contributed by atoms with Gasteiger partial charge in [0.15, 0.2) is 5.82 Å². The molecule has 0 aromatic carbocycles. The molecule has 136 valence electrons. The van der Waals surface area contributed by atoms with E-state index < -0.39 is 0 Å². The lowest BCUT2D eigenvalue weighted by Gasteiger charge is -2.42. The minimum absolute atomic E-state index is 0.0380. The molecule has 6 heteroatoms. The van der Waals surface area contributed by atoms with Crippen LogP contribution in [-0.4, -0.2) is 50.9 Å². The average molecular weight is 352 g/mol. The summed E-state index contributed by atoms with van der Waals surface area (Å²) in [5, 5.41) is 4.37. The molecule has 1 amide bonds. The molecular formula is C20H24N4O2. The fourth-order valence-electron chi connectivity index (χ4n) is 3.86. The highest BCUT2D eigenvalue weighted by molar-refractivity contribution is 5.95. The summed E-state index contributed by atoms with van der Waals surface area (Å²) in [4.78, 5) is 19.2. The summed E-state index contributed by atoms with van der Waals surface area (Å²) in [6.07, 6.45) is 8.35. The largest absolute Gasteiger partial charge is 0.370 e. The van der Waals surface area contributed by atoms with E-state index in [0.29, 0.717) is 18.7 Å². The van der Waals surface area contributed by atoms with Gasteiger partial charge in [-0.1, -0.05) is 17.7 Å². The molecule has 0 bridgehead atoms. The van der Waals surface area contributed by atoms with Crippen molar-refractivity contribution >= 4 is 5.91 Å². The number of piperidine rings is 1. The minimum atomic E-state index is -0.174. The highest BCUT2D eigenvalue weighted by atomic mass is 16.5. The first kappa shape index (κ1) is 17.0. The second-order valence-electron chi connectivity index (χ2n) is 7.19. The molecule has 0 radical (unpaired) electrons. The number of pyridine rings is 1. The van der Waals surface area contributed by atoms with Crippen molar-refractivity contribution in [1.82, 2.24) is 19.7 Å². The molecule has 1 fully saturated rings. The Morgan fingerprint density at radius 1 is 1.23 bits per heavy atom. The molecular weight excluding hydrogens is 328 g/mol. The number of hydrogen-bond acceptors (Lipinski definition) is 4. The number of ether oxygens (including phenoxy) is 1. The van der Waals surface area contributed by atoms with Crippen LogP contribution in [0.25, 0.3) is 5.82 Å². The lowest BCUT2D eigenvalue weighted by Crippen LogP contribution is -2.48. The molecule has 0 N–H and O–H groups in total. The van der Waals surface area contributed by atoms with Gasteiger partial charge in [0.2, 0.25) is 0 Å². The summed E-state index contributed by atoms with van der Waals surface area (Å²) < 4.78 is 7.77. The van der Waals surface area contributed by atoms with Gasteiger partial charge in [-0.25, -0.2) is 9.67 Å². The summed E-state index contributed by atoms with van der Waals surface area (Å²) >= 11 is 0. The first-order valence-corrected chi connectivity index (χ1v) is 9.16. The van der Waals surface area contributed by atoms with Crippen LogP contribution in [0.1, 0.15) is 42.2 Å². The lowest BCUT2D eigenvalue weighted by molar-refractivity contribution is -0.0522. The molecule has 2 aromatic rings. The van der Waals surface area contributed by atoms with Gasteiger partial charge in [-0.2, -0.15) is 5.10 Å². The fraction of sp³-hybridized carbons (Fsp3) is 0.450. The smallest absolute Gasteiger partial charge is 0.257 e. The first-order valence-electron chi connectivity index (χ1n) is 9.16. The molecule has 4 heterocycles. The van der Waals surface area contributed by atoms with Gasteiger partial charge in [-0.3, -0.25) is 4.79 Å². The number of carbonyl (C=O) groups excluding carboxylic acids is 1. The van der Waals surface area contributed by atoms with Crippen LogP contribution < -0.4 is 0 Å². The van der Waals surface area contributed by atoms with Crippen molar-refractivity contribution < 1.29 is 9.53 Å². The third kappa shape index (κ3) is 3.05. The second kappa shape index (κ2) is 6.68. The maximum absolute atomic E-state index is 13.0. The molecule has 1 spiro atoms. The molecule has 4 rings (SSSR count). The maximum atomic E-state index is 13.0. The van der Waals surface area contributed by atoms with E-state index in [4.69, 9.17) is 4.74 Å². The molecule has 0 atom stereocenters. The Balaban J connectivity index is 1.50. The van der Waals surface area contributed by atoms with E-state index in [1.54, 1.807) is 17.1 Å². The molecule has 2 aromatic heterocycles. The van der Waals surface area contributed by atoms with E-state index in [-0.39, 0.29) is 11.5 Å². The molecule has 2 aliphatic rings. The number of amides is 1. The predicted octanol–water partition coefficient (Wildman–Crippen LogP) is 2.92. The molecule has 26 heavy (non-hydrogen) atoms. The van der Waals surface area contributed by atoms with Crippen LogP contribution in [0.5, 0.6) is 0 Å². The van der Waals surface area contributed by atoms with E-state index in [1.807, 2.05) is 30.0 Å². The molecule has 6 nitrogen and oxygen atoms in total. The van der Waals surface area contributed by atoms with Crippen LogP contribution in [-0.2, 0) is 4.74 Å². The zero-order valence-corrected chi connectivity index (χ0v) is 15.3. The number of likely N-dealkylation sites (tertiary alicyclic amines) is 1. The molecule has 1 saturated heterocycles. The standard InChI is InChI=1S/C20H24N4O2/c1-15-6-12-26-20(13-15)7-10-23(11-8-20)19(25)17-14-22-24(16(17)2)18-5-3-4-9-21-18/h3-5,9,13-14H,6-8,10-12H2,1-2H3. The Bertz CT molecular complexity index is 833. The van der Waals surface area contributed by atoms with Crippen LogP contribution in [0, 0.1) is 6.92 Å². The van der Waals surface area contributed by atoms with Crippen LogP contribution in [0.4, 0.5) is 0 Å². The monoisotopic (exact) mass is 352 g/mol. The molecule has 0 saturated carbocycles. The summed E-state index contributed by atoms with van der Waals surface area (Å²) in [7, 11) is 0. The summed E-state index contributed by atoms with van der Waals surface area (Å²) in [6.45, 7) is 6.27. The Kier molecular flexibility index (Phi) is 4.36. The van der Waals surface area contributed by atoms with E-state index in [9.17, 15) is 4.79 Å². The summed E-state index contributed by atoms with van der Waals surface area (Å²) in [5.41, 5.74) is 2.68. The minimum Gasteiger partial charge on any atom is -0.370 e. The van der Waals surface area contributed by atoms with Crippen LogP contribution in [0.2, 0.25) is 0 Å². The molecule has 0 aliphatic carbocycles. The Morgan fingerprint density at radius 3 is 2.73 bits per heavy atom. The van der Waals surface area contributed by atoms with Gasteiger partial charge in [-0.15, -0.1) is 0 Å². The van der Waals surface area contributed by atoms with Gasteiger partial charge in [0.1, 0.15) is 0 Å². The summed E-state index contributed by atoms with van der Waals surface area (Å²) in [6, 6.07) is 5.66. The predicted molar refractivity (Wildman–Crippen MR) is 98.3 cm³/mol. The van der Waals surface area contributed by atoms with Gasteiger partial charge < -0.3 is 9.64 Å². The third-order valence-corrected chi connectivity index (χ3v) is 5.40. The number of aromatic nitrogens is 3. The van der Waals surface area contributed by atoms with Crippen molar-refractivity contribution in [3.8, 4) is 5.82 Å². The van der Waals surface area contributed by atoms with E-state index >= 15 is 0 Å². The van der Waals surface area contributed by atoms with Crippen molar-refractivity contribution in [3.05, 3.63) is 53.5 Å². The topological polar surface area (TPSA) is 60.2 Å². The van der Waals surface area contributed by atoms with Crippen molar-refractivity contribution in [3.63, 3.8) is 0 Å². The van der Waals surface area contributed by atoms with Crippen LogP contribution in [0.3, 0.4) is 0 Å². The van der Waals surface area contributed by atoms with Gasteiger partial charge in [0, 0.05) is 19.3 Å². The second-order valence-corrected chi connectivity index (χ2v) is 7.19. The zero-order valence-electron chi connectivity index (χ0n) is 15.3. The van der Waals surface area contributed by atoms with Gasteiger partial charge >= 0.3 is 0 Å². The van der Waals surface area contributed by atoms with Gasteiger partial charge in [0.05, 0.1) is 29.7 Å². The van der Waals surface area contributed by atoms with Crippen LogP contribution >= 0.6 is 0 Å². The molecule has 2 aliphatic heterocycles. The Morgan fingerprint density at radius 2 is 2.04 bits per heavy atom. The van der Waals surface area contributed by atoms with Crippen LogP contribution in [0.15, 0.2) is 42.2 Å². The van der Waals surface area contributed by atoms with E-state index in [0.717, 1.165) is 37.4 Å². The first-order chi connectivity index (χ1) is 12.6. The Hall–Kier alpha value is -2.47. The third-order valence-electron chi connectivity index (χ3n) is 5.40. The molecule has 0 unspecified atom stereocenters. The number of carbonyl (C=O) groups is 1. The summed E-state index contributed by atoms with van der Waals surface area (Å²) in [5.74, 6) is 0.758. The highest BCUT2D eigenvalue weighted by Gasteiger charge is 2.37.